The molecule has 0 bridgehead atoms. The van der Waals surface area contributed by atoms with Crippen LogP contribution in [0, 0.1) is 0 Å². The standard InChI is InChI=1S/C20H21NO3/c1-21(13-14-5-9-17(10-6-14)20(23)24)19(22)12-15-7-8-16-3-2-4-18(16)11-15/h5-11H,2-4,12-13H2,1H3,(H,23,24). The lowest BCUT2D eigenvalue weighted by Gasteiger charge is -2.18. The maximum absolute atomic E-state index is 12.4. The van der Waals surface area contributed by atoms with Gasteiger partial charge in [0.25, 0.3) is 0 Å². The molecule has 1 aliphatic carbocycles. The molecule has 0 fully saturated rings. The van der Waals surface area contributed by atoms with E-state index in [1.54, 1.807) is 36.2 Å². The number of carboxylic acids is 1. The van der Waals surface area contributed by atoms with Crippen LogP contribution < -0.4 is 0 Å². The molecule has 0 unspecified atom stereocenters. The smallest absolute Gasteiger partial charge is 0.335 e. The van der Waals surface area contributed by atoms with Gasteiger partial charge in [-0.1, -0.05) is 30.3 Å². The van der Waals surface area contributed by atoms with E-state index in [-0.39, 0.29) is 11.5 Å². The first-order chi connectivity index (χ1) is 11.5. The summed E-state index contributed by atoms with van der Waals surface area (Å²) in [5.74, 6) is -0.877. The van der Waals surface area contributed by atoms with Crippen molar-refractivity contribution in [1.82, 2.24) is 4.90 Å². The van der Waals surface area contributed by atoms with E-state index in [0.29, 0.717) is 13.0 Å². The molecule has 124 valence electrons. The average Bonchev–Trinajstić information content (AvgIpc) is 3.03. The van der Waals surface area contributed by atoms with Gasteiger partial charge in [0.05, 0.1) is 12.0 Å². The Kier molecular flexibility index (Phi) is 4.65. The van der Waals surface area contributed by atoms with Crippen molar-refractivity contribution < 1.29 is 14.7 Å². The lowest BCUT2D eigenvalue weighted by Crippen LogP contribution is -2.27. The summed E-state index contributed by atoms with van der Waals surface area (Å²) in [6.07, 6.45) is 3.87. The number of carboxylic acid groups (broad SMARTS) is 1. The quantitative estimate of drug-likeness (QED) is 0.920. The highest BCUT2D eigenvalue weighted by Gasteiger charge is 2.14. The molecule has 0 aromatic heterocycles. The first kappa shape index (κ1) is 16.2. The molecule has 1 N–H and O–H groups in total. The van der Waals surface area contributed by atoms with Crippen molar-refractivity contribution >= 4 is 11.9 Å². The summed E-state index contributed by atoms with van der Waals surface area (Å²) in [5.41, 5.74) is 5.04. The molecule has 0 heterocycles. The van der Waals surface area contributed by atoms with Gasteiger partial charge in [0, 0.05) is 13.6 Å². The summed E-state index contributed by atoms with van der Waals surface area (Å²) < 4.78 is 0. The molecule has 0 aliphatic heterocycles. The Morgan fingerprint density at radius 3 is 2.38 bits per heavy atom. The van der Waals surface area contributed by atoms with Gasteiger partial charge in [0.15, 0.2) is 0 Å². The molecule has 24 heavy (non-hydrogen) atoms. The van der Waals surface area contributed by atoms with Crippen LogP contribution in [-0.2, 0) is 30.6 Å². The molecule has 1 amide bonds. The van der Waals surface area contributed by atoms with Crippen molar-refractivity contribution in [3.8, 4) is 0 Å². The SMILES string of the molecule is CN(Cc1ccc(C(=O)O)cc1)C(=O)Cc1ccc2c(c1)CCC2. The normalized spacial score (nSPS) is 12.7. The molecule has 0 saturated heterocycles. The number of hydrogen-bond acceptors (Lipinski definition) is 2. The van der Waals surface area contributed by atoms with Crippen molar-refractivity contribution in [1.29, 1.82) is 0 Å². The maximum atomic E-state index is 12.4. The number of aromatic carboxylic acids is 1. The monoisotopic (exact) mass is 323 g/mol. The minimum absolute atomic E-state index is 0.0651. The minimum atomic E-state index is -0.942. The van der Waals surface area contributed by atoms with E-state index in [9.17, 15) is 9.59 Å². The second-order valence-electron chi connectivity index (χ2n) is 6.39. The Hall–Kier alpha value is -2.62. The van der Waals surface area contributed by atoms with E-state index in [2.05, 4.69) is 18.2 Å². The number of benzene rings is 2. The zero-order chi connectivity index (χ0) is 17.1. The lowest BCUT2D eigenvalue weighted by atomic mass is 10.0. The van der Waals surface area contributed by atoms with Gasteiger partial charge in [-0.25, -0.2) is 4.79 Å². The first-order valence-corrected chi connectivity index (χ1v) is 8.20. The highest BCUT2D eigenvalue weighted by Crippen LogP contribution is 2.23. The second kappa shape index (κ2) is 6.87. The third-order valence-electron chi connectivity index (χ3n) is 4.56. The highest BCUT2D eigenvalue weighted by molar-refractivity contribution is 5.87. The van der Waals surface area contributed by atoms with Crippen LogP contribution in [0.4, 0.5) is 0 Å². The number of hydrogen-bond donors (Lipinski definition) is 1. The molecular weight excluding hydrogens is 302 g/mol. The molecule has 0 saturated carbocycles. The predicted molar refractivity (Wildman–Crippen MR) is 92.0 cm³/mol. The van der Waals surface area contributed by atoms with Crippen LogP contribution in [0.5, 0.6) is 0 Å². The van der Waals surface area contributed by atoms with Crippen LogP contribution in [0.25, 0.3) is 0 Å². The van der Waals surface area contributed by atoms with Gasteiger partial charge in [-0.05, 0) is 53.6 Å². The van der Waals surface area contributed by atoms with Gasteiger partial charge in [-0.15, -0.1) is 0 Å². The Balaban J connectivity index is 1.61. The number of aryl methyl sites for hydroxylation is 2. The fraction of sp³-hybridized carbons (Fsp3) is 0.300. The van der Waals surface area contributed by atoms with Gasteiger partial charge >= 0.3 is 5.97 Å². The molecule has 3 rings (SSSR count). The molecule has 4 heteroatoms. The maximum Gasteiger partial charge on any atom is 0.335 e. The van der Waals surface area contributed by atoms with Crippen LogP contribution in [-0.4, -0.2) is 28.9 Å². The molecule has 0 atom stereocenters. The largest absolute Gasteiger partial charge is 0.478 e. The lowest BCUT2D eigenvalue weighted by molar-refractivity contribution is -0.129. The number of amides is 1. The molecule has 1 aliphatic rings. The Morgan fingerprint density at radius 1 is 1.00 bits per heavy atom. The van der Waals surface area contributed by atoms with Crippen molar-refractivity contribution in [3.63, 3.8) is 0 Å². The summed E-state index contributed by atoms with van der Waals surface area (Å²) in [6, 6.07) is 13.0. The van der Waals surface area contributed by atoms with Gasteiger partial charge in [0.2, 0.25) is 5.91 Å². The second-order valence-corrected chi connectivity index (χ2v) is 6.39. The highest BCUT2D eigenvalue weighted by atomic mass is 16.4. The Bertz CT molecular complexity index is 765. The van der Waals surface area contributed by atoms with E-state index >= 15 is 0 Å². The van der Waals surface area contributed by atoms with Crippen LogP contribution in [0.3, 0.4) is 0 Å². The third kappa shape index (κ3) is 3.65. The van der Waals surface area contributed by atoms with Gasteiger partial charge in [-0.2, -0.15) is 0 Å². The number of carbonyl (C=O) groups excluding carboxylic acids is 1. The van der Waals surface area contributed by atoms with Crippen molar-refractivity contribution in [2.24, 2.45) is 0 Å². The number of nitrogens with zero attached hydrogens (tertiary/aromatic N) is 1. The van der Waals surface area contributed by atoms with E-state index in [1.165, 1.54) is 17.5 Å². The van der Waals surface area contributed by atoms with E-state index < -0.39 is 5.97 Å². The van der Waals surface area contributed by atoms with Crippen LogP contribution in [0.1, 0.15) is 39.0 Å². The first-order valence-electron chi connectivity index (χ1n) is 8.20. The summed E-state index contributed by atoms with van der Waals surface area (Å²) in [4.78, 5) is 25.0. The Morgan fingerprint density at radius 2 is 1.67 bits per heavy atom. The third-order valence-corrected chi connectivity index (χ3v) is 4.56. The van der Waals surface area contributed by atoms with Crippen LogP contribution in [0.2, 0.25) is 0 Å². The topological polar surface area (TPSA) is 57.6 Å². The summed E-state index contributed by atoms with van der Waals surface area (Å²) in [7, 11) is 1.78. The number of fused-ring (bicyclic) bond motifs is 1. The molecule has 0 radical (unpaired) electrons. The molecule has 2 aromatic rings. The predicted octanol–water partition coefficient (Wildman–Crippen LogP) is 3.07. The molecular formula is C20H21NO3. The molecule has 0 spiro atoms. The summed E-state index contributed by atoms with van der Waals surface area (Å²) >= 11 is 0. The van der Waals surface area contributed by atoms with Gasteiger partial charge < -0.3 is 10.0 Å². The van der Waals surface area contributed by atoms with Crippen LogP contribution >= 0.6 is 0 Å². The summed E-state index contributed by atoms with van der Waals surface area (Å²) in [5, 5.41) is 8.91. The zero-order valence-electron chi connectivity index (χ0n) is 13.8. The fourth-order valence-corrected chi connectivity index (χ4v) is 3.16. The van der Waals surface area contributed by atoms with Crippen molar-refractivity contribution in [2.75, 3.05) is 7.05 Å². The zero-order valence-corrected chi connectivity index (χ0v) is 13.8. The van der Waals surface area contributed by atoms with Crippen LogP contribution in [0.15, 0.2) is 42.5 Å². The molecule has 4 nitrogen and oxygen atoms in total. The summed E-state index contributed by atoms with van der Waals surface area (Å²) in [6.45, 7) is 0.476. The average molecular weight is 323 g/mol. The van der Waals surface area contributed by atoms with E-state index in [1.807, 2.05) is 0 Å². The minimum Gasteiger partial charge on any atom is -0.478 e. The van der Waals surface area contributed by atoms with Crippen molar-refractivity contribution in [2.45, 2.75) is 32.2 Å². The molecule has 2 aromatic carbocycles. The van der Waals surface area contributed by atoms with Crippen molar-refractivity contribution in [3.05, 3.63) is 70.3 Å². The fourth-order valence-electron chi connectivity index (χ4n) is 3.16. The van der Waals surface area contributed by atoms with E-state index in [4.69, 9.17) is 5.11 Å². The number of rotatable bonds is 5. The van der Waals surface area contributed by atoms with E-state index in [0.717, 1.165) is 24.0 Å². The van der Waals surface area contributed by atoms with Gasteiger partial charge in [-0.3, -0.25) is 4.79 Å². The number of carbonyl (C=O) groups is 2. The number of likely N-dealkylation sites (N-methyl/N-ethyl adjacent to an activating group) is 1. The Labute approximate surface area is 141 Å². The van der Waals surface area contributed by atoms with Gasteiger partial charge in [0.1, 0.15) is 0 Å².